The summed E-state index contributed by atoms with van der Waals surface area (Å²) in [5, 5.41) is 6.68. The molecule has 108 valence electrons. The summed E-state index contributed by atoms with van der Waals surface area (Å²) in [6.45, 7) is 0.576. The molecule has 0 saturated carbocycles. The van der Waals surface area contributed by atoms with E-state index in [1.165, 1.54) is 0 Å². The quantitative estimate of drug-likeness (QED) is 0.336. The van der Waals surface area contributed by atoms with E-state index in [0.717, 1.165) is 49.9 Å². The zero-order valence-corrected chi connectivity index (χ0v) is 12.8. The van der Waals surface area contributed by atoms with Gasteiger partial charge in [0.1, 0.15) is 5.75 Å². The van der Waals surface area contributed by atoms with E-state index in [4.69, 9.17) is 4.74 Å². The lowest BCUT2D eigenvalue weighted by atomic mass is 9.92. The van der Waals surface area contributed by atoms with Gasteiger partial charge in [-0.05, 0) is 33.7 Å². The van der Waals surface area contributed by atoms with Gasteiger partial charge in [-0.15, -0.1) is 0 Å². The molecule has 0 aliphatic carbocycles. The van der Waals surface area contributed by atoms with Gasteiger partial charge in [-0.3, -0.25) is 4.79 Å². The Labute approximate surface area is 133 Å². The maximum Gasteiger partial charge on any atom is 0.150 e. The van der Waals surface area contributed by atoms with Crippen LogP contribution in [0.1, 0.15) is 10.4 Å². The molecule has 0 unspecified atom stereocenters. The number of benzene rings is 4. The van der Waals surface area contributed by atoms with Crippen LogP contribution in [0.25, 0.3) is 32.3 Å². The van der Waals surface area contributed by atoms with Crippen LogP contribution in [0.15, 0.2) is 48.5 Å². The van der Waals surface area contributed by atoms with E-state index >= 15 is 0 Å². The second kappa shape index (κ2) is 5.18. The molecule has 0 atom stereocenters. The van der Waals surface area contributed by atoms with E-state index in [1.54, 1.807) is 0 Å². The van der Waals surface area contributed by atoms with Crippen molar-refractivity contribution < 1.29 is 9.53 Å². The van der Waals surface area contributed by atoms with Gasteiger partial charge < -0.3 is 4.74 Å². The van der Waals surface area contributed by atoms with Crippen molar-refractivity contribution in [3.05, 3.63) is 54.1 Å². The Morgan fingerprint density at radius 3 is 2.23 bits per heavy atom. The van der Waals surface area contributed by atoms with E-state index in [1.807, 2.05) is 24.3 Å². The number of carbonyl (C=O) groups is 1. The lowest BCUT2D eigenvalue weighted by Gasteiger charge is -2.15. The summed E-state index contributed by atoms with van der Waals surface area (Å²) < 4.78 is 5.82. The van der Waals surface area contributed by atoms with Crippen LogP contribution in [0.3, 0.4) is 0 Å². The molecule has 4 rings (SSSR count). The molecular weight excluding hydrogens is 292 g/mol. The summed E-state index contributed by atoms with van der Waals surface area (Å²) >= 11 is 4.20. The van der Waals surface area contributed by atoms with Crippen LogP contribution in [0, 0.1) is 0 Å². The SMILES string of the molecule is O=Cc1ccc2ccc3c(OCCS)ccc4ccc1c2c43. The molecule has 0 saturated heterocycles. The Kier molecular flexibility index (Phi) is 3.16. The van der Waals surface area contributed by atoms with Crippen molar-refractivity contribution in [1.82, 2.24) is 0 Å². The third-order valence-electron chi connectivity index (χ3n) is 4.13. The van der Waals surface area contributed by atoms with Gasteiger partial charge in [-0.2, -0.15) is 12.6 Å². The lowest BCUT2D eigenvalue weighted by Crippen LogP contribution is -1.99. The summed E-state index contributed by atoms with van der Waals surface area (Å²) in [5.74, 6) is 1.55. The molecule has 2 nitrogen and oxygen atoms in total. The first-order valence-electron chi connectivity index (χ1n) is 7.23. The molecule has 0 aliphatic heterocycles. The van der Waals surface area contributed by atoms with Crippen LogP contribution < -0.4 is 4.74 Å². The van der Waals surface area contributed by atoms with Crippen LogP contribution in [0.2, 0.25) is 0 Å². The van der Waals surface area contributed by atoms with Gasteiger partial charge in [0.15, 0.2) is 6.29 Å². The molecular formula is C19H14O2S. The van der Waals surface area contributed by atoms with E-state index in [9.17, 15) is 4.79 Å². The Morgan fingerprint density at radius 1 is 0.864 bits per heavy atom. The van der Waals surface area contributed by atoms with Crippen molar-refractivity contribution in [2.24, 2.45) is 0 Å². The average molecular weight is 306 g/mol. The maximum absolute atomic E-state index is 11.3. The highest BCUT2D eigenvalue weighted by Gasteiger charge is 2.13. The first-order chi connectivity index (χ1) is 10.8. The summed E-state index contributed by atoms with van der Waals surface area (Å²) in [7, 11) is 0. The minimum Gasteiger partial charge on any atom is -0.492 e. The van der Waals surface area contributed by atoms with Crippen molar-refractivity contribution in [3.63, 3.8) is 0 Å². The third-order valence-corrected chi connectivity index (χ3v) is 4.32. The fourth-order valence-electron chi connectivity index (χ4n) is 3.18. The first-order valence-corrected chi connectivity index (χ1v) is 7.86. The van der Waals surface area contributed by atoms with Gasteiger partial charge >= 0.3 is 0 Å². The predicted molar refractivity (Wildman–Crippen MR) is 94.9 cm³/mol. The van der Waals surface area contributed by atoms with Crippen LogP contribution in [0.4, 0.5) is 0 Å². The first kappa shape index (κ1) is 13.4. The Bertz CT molecular complexity index is 991. The van der Waals surface area contributed by atoms with Gasteiger partial charge in [0.25, 0.3) is 0 Å². The van der Waals surface area contributed by atoms with Crippen molar-refractivity contribution in [2.45, 2.75) is 0 Å². The molecule has 0 aliphatic rings. The highest BCUT2D eigenvalue weighted by atomic mass is 32.1. The monoisotopic (exact) mass is 306 g/mol. The van der Waals surface area contributed by atoms with E-state index in [-0.39, 0.29) is 0 Å². The molecule has 0 bridgehead atoms. The summed E-state index contributed by atoms with van der Waals surface area (Å²) in [6.07, 6.45) is 0.921. The minimum absolute atomic E-state index is 0.576. The Morgan fingerprint density at radius 2 is 1.50 bits per heavy atom. The van der Waals surface area contributed by atoms with Crippen LogP contribution >= 0.6 is 12.6 Å². The predicted octanol–water partition coefficient (Wildman–Crippen LogP) is 4.71. The molecule has 22 heavy (non-hydrogen) atoms. The Balaban J connectivity index is 2.16. The van der Waals surface area contributed by atoms with Gasteiger partial charge in [0, 0.05) is 22.1 Å². The molecule has 0 spiro atoms. The number of ether oxygens (including phenoxy) is 1. The standard InChI is InChI=1S/C19H14O2S/c20-11-14-2-1-12-4-7-16-17(21-9-10-22)8-5-13-3-6-15(14)18(12)19(13)16/h1-8,11,22H,9-10H2. The topological polar surface area (TPSA) is 26.3 Å². The zero-order valence-electron chi connectivity index (χ0n) is 11.9. The molecule has 3 heteroatoms. The minimum atomic E-state index is 0.576. The molecule has 0 radical (unpaired) electrons. The molecule has 0 N–H and O–H groups in total. The zero-order chi connectivity index (χ0) is 15.1. The van der Waals surface area contributed by atoms with Crippen LogP contribution in [0.5, 0.6) is 5.75 Å². The van der Waals surface area contributed by atoms with Crippen LogP contribution in [-0.4, -0.2) is 18.6 Å². The van der Waals surface area contributed by atoms with Gasteiger partial charge in [-0.25, -0.2) is 0 Å². The summed E-state index contributed by atoms with van der Waals surface area (Å²) in [5.41, 5.74) is 0.726. The van der Waals surface area contributed by atoms with Crippen LogP contribution in [-0.2, 0) is 0 Å². The smallest absolute Gasteiger partial charge is 0.150 e. The fraction of sp³-hybridized carbons (Fsp3) is 0.105. The second-order valence-corrected chi connectivity index (χ2v) is 5.78. The number of aldehydes is 1. The molecule has 0 aromatic heterocycles. The molecule has 4 aromatic rings. The number of rotatable bonds is 4. The summed E-state index contributed by atoms with van der Waals surface area (Å²) in [6, 6.07) is 16.3. The van der Waals surface area contributed by atoms with Crippen molar-refractivity contribution in [1.29, 1.82) is 0 Å². The van der Waals surface area contributed by atoms with Gasteiger partial charge in [0.2, 0.25) is 0 Å². The number of carbonyl (C=O) groups excluding carboxylic acids is 1. The number of hydrogen-bond acceptors (Lipinski definition) is 3. The highest BCUT2D eigenvalue weighted by molar-refractivity contribution is 7.80. The number of hydrogen-bond donors (Lipinski definition) is 1. The fourth-order valence-corrected chi connectivity index (χ4v) is 3.27. The normalized spacial score (nSPS) is 11.5. The molecule has 0 amide bonds. The van der Waals surface area contributed by atoms with Crippen molar-refractivity contribution in [3.8, 4) is 5.75 Å². The number of thiol groups is 1. The Hall–Kier alpha value is -2.26. The lowest BCUT2D eigenvalue weighted by molar-refractivity contribution is 0.112. The van der Waals surface area contributed by atoms with E-state index < -0.39 is 0 Å². The largest absolute Gasteiger partial charge is 0.492 e. The molecule has 0 heterocycles. The third kappa shape index (κ3) is 1.86. The van der Waals surface area contributed by atoms with Gasteiger partial charge in [-0.1, -0.05) is 36.4 Å². The second-order valence-electron chi connectivity index (χ2n) is 5.33. The average Bonchev–Trinajstić information content (AvgIpc) is 2.58. The maximum atomic E-state index is 11.3. The van der Waals surface area contributed by atoms with Gasteiger partial charge in [0.05, 0.1) is 6.61 Å². The molecule has 0 fully saturated rings. The van der Waals surface area contributed by atoms with E-state index in [0.29, 0.717) is 12.4 Å². The van der Waals surface area contributed by atoms with Crippen molar-refractivity contribution >= 4 is 51.2 Å². The van der Waals surface area contributed by atoms with E-state index in [2.05, 4.69) is 36.9 Å². The molecule has 4 aromatic carbocycles. The summed E-state index contributed by atoms with van der Waals surface area (Å²) in [4.78, 5) is 11.3. The van der Waals surface area contributed by atoms with Crippen molar-refractivity contribution in [2.75, 3.05) is 12.4 Å². The highest BCUT2D eigenvalue weighted by Crippen LogP contribution is 2.39.